The summed E-state index contributed by atoms with van der Waals surface area (Å²) < 4.78 is 31.8. The first kappa shape index (κ1) is 30.6. The van der Waals surface area contributed by atoms with Crippen molar-refractivity contribution in [2.45, 2.75) is 108 Å². The van der Waals surface area contributed by atoms with Gasteiger partial charge in [0.2, 0.25) is 0 Å². The zero-order valence-corrected chi connectivity index (χ0v) is 26.6. The minimum atomic E-state index is -2.74. The van der Waals surface area contributed by atoms with Gasteiger partial charge in [0, 0.05) is 6.42 Å². The van der Waals surface area contributed by atoms with Gasteiger partial charge >= 0.3 is 0 Å². The molecular formula is C33H48NO6Si+. The normalized spacial score (nSPS) is 29.8. The Kier molecular flexibility index (Phi) is 8.44. The van der Waals surface area contributed by atoms with Gasteiger partial charge in [-0.2, -0.15) is 0 Å². The number of aliphatic hydroxyl groups is 1. The van der Waals surface area contributed by atoms with Crippen molar-refractivity contribution in [2.75, 3.05) is 13.2 Å². The zero-order chi connectivity index (χ0) is 29.6. The van der Waals surface area contributed by atoms with Crippen molar-refractivity contribution in [3.05, 3.63) is 72.8 Å². The number of ether oxygens (including phenoxy) is 4. The molecule has 6 atom stereocenters. The highest BCUT2D eigenvalue weighted by Crippen LogP contribution is 2.39. The van der Waals surface area contributed by atoms with E-state index in [4.69, 9.17) is 23.4 Å². The smallest absolute Gasteiger partial charge is 0.261 e. The van der Waals surface area contributed by atoms with E-state index in [2.05, 4.69) is 81.2 Å². The van der Waals surface area contributed by atoms with Crippen LogP contribution in [0.5, 0.6) is 0 Å². The lowest BCUT2D eigenvalue weighted by Gasteiger charge is -2.43. The van der Waals surface area contributed by atoms with Crippen molar-refractivity contribution in [3.63, 3.8) is 0 Å². The van der Waals surface area contributed by atoms with Gasteiger partial charge in [-0.1, -0.05) is 88.0 Å². The molecule has 3 saturated heterocycles. The van der Waals surface area contributed by atoms with Crippen LogP contribution in [0.3, 0.4) is 0 Å². The molecule has 4 unspecified atom stereocenters. The van der Waals surface area contributed by atoms with Gasteiger partial charge in [-0.3, -0.25) is 0 Å². The minimum Gasteiger partial charge on any atom is -0.403 e. The Morgan fingerprint density at radius 1 is 0.951 bits per heavy atom. The second-order valence-electron chi connectivity index (χ2n) is 13.7. The molecule has 41 heavy (non-hydrogen) atoms. The number of rotatable bonds is 9. The first-order chi connectivity index (χ1) is 19.2. The van der Waals surface area contributed by atoms with E-state index in [9.17, 15) is 5.11 Å². The quantitative estimate of drug-likeness (QED) is 0.350. The van der Waals surface area contributed by atoms with Gasteiger partial charge in [-0.05, 0) is 48.7 Å². The molecule has 0 radical (unpaired) electrons. The average Bonchev–Trinajstić information content (AvgIpc) is 3.54. The van der Waals surface area contributed by atoms with Crippen molar-refractivity contribution in [3.8, 4) is 0 Å². The van der Waals surface area contributed by atoms with E-state index in [0.29, 0.717) is 18.6 Å². The molecule has 3 heterocycles. The van der Waals surface area contributed by atoms with Crippen LogP contribution in [0.1, 0.15) is 54.9 Å². The van der Waals surface area contributed by atoms with E-state index in [1.165, 1.54) is 10.4 Å². The van der Waals surface area contributed by atoms with Crippen molar-refractivity contribution in [2.24, 2.45) is 0 Å². The predicted molar refractivity (Wildman–Crippen MR) is 162 cm³/mol. The Morgan fingerprint density at radius 2 is 1.51 bits per heavy atom. The monoisotopic (exact) mass is 582 g/mol. The standard InChI is InChI=1S/C33H47NO6Si/c1-22(20-37-41(31(2,3)4,23-15-11-9-12-16-23)24-17-13-10-14-18-24)26(35)19-25-29-30(40-33(7,8)39-29)28(34-25)27-21-36-32(5,6)38-27/h9-18,25-30,34-35H,1,19-21H2,2-8H3/p+1/t25?,26?,27?,28-,29?,30+/m1/s1. The fourth-order valence-corrected chi connectivity index (χ4v) is 11.4. The van der Waals surface area contributed by atoms with Crippen LogP contribution in [0.15, 0.2) is 72.8 Å². The molecule has 0 amide bonds. The zero-order valence-electron chi connectivity index (χ0n) is 25.6. The maximum atomic E-state index is 11.5. The van der Waals surface area contributed by atoms with Crippen LogP contribution >= 0.6 is 0 Å². The maximum absolute atomic E-state index is 11.5. The summed E-state index contributed by atoms with van der Waals surface area (Å²) >= 11 is 0. The summed E-state index contributed by atoms with van der Waals surface area (Å²) in [5.74, 6) is -1.31. The molecular weight excluding hydrogens is 534 g/mol. The minimum absolute atomic E-state index is 0.0151. The third-order valence-electron chi connectivity index (χ3n) is 8.75. The number of hydrogen-bond donors (Lipinski definition) is 2. The van der Waals surface area contributed by atoms with Gasteiger partial charge in [0.15, 0.2) is 11.6 Å². The van der Waals surface area contributed by atoms with E-state index in [0.717, 1.165) is 0 Å². The van der Waals surface area contributed by atoms with E-state index in [-0.39, 0.29) is 42.0 Å². The van der Waals surface area contributed by atoms with E-state index in [1.54, 1.807) is 0 Å². The fraction of sp³-hybridized carbons (Fsp3) is 0.576. The van der Waals surface area contributed by atoms with Crippen molar-refractivity contribution < 1.29 is 33.8 Å². The SMILES string of the molecule is C=C(CO[Si](c1ccccc1)(c1ccccc1)C(C)(C)C)C(O)CC1[NH2+][C@H](C2COC(C)(C)O2)[C@@H]2OC(C)(C)OC12. The summed E-state index contributed by atoms with van der Waals surface area (Å²) in [5, 5.41) is 16.0. The summed E-state index contributed by atoms with van der Waals surface area (Å²) in [4.78, 5) is 0. The maximum Gasteiger partial charge on any atom is 0.261 e. The van der Waals surface area contributed by atoms with Gasteiger partial charge < -0.3 is 33.8 Å². The molecule has 3 fully saturated rings. The fourth-order valence-electron chi connectivity index (χ4n) is 6.89. The number of quaternary nitrogens is 1. The number of hydrogen-bond acceptors (Lipinski definition) is 6. The molecule has 2 aromatic carbocycles. The van der Waals surface area contributed by atoms with Crippen LogP contribution in [-0.4, -0.2) is 74.7 Å². The van der Waals surface area contributed by atoms with Crippen molar-refractivity contribution in [1.29, 1.82) is 0 Å². The van der Waals surface area contributed by atoms with Gasteiger partial charge in [0.1, 0.15) is 30.4 Å². The molecule has 0 aliphatic carbocycles. The molecule has 2 aromatic rings. The Hall–Kier alpha value is -1.88. The van der Waals surface area contributed by atoms with Crippen LogP contribution in [0, 0.1) is 0 Å². The number of nitrogens with two attached hydrogens (primary N) is 1. The highest BCUT2D eigenvalue weighted by molar-refractivity contribution is 6.99. The van der Waals surface area contributed by atoms with E-state index >= 15 is 0 Å². The predicted octanol–water partition coefficient (Wildman–Crippen LogP) is 2.86. The first-order valence-electron chi connectivity index (χ1n) is 14.9. The lowest BCUT2D eigenvalue weighted by molar-refractivity contribution is -0.717. The Bertz CT molecular complexity index is 1160. The number of benzene rings is 2. The molecule has 224 valence electrons. The molecule has 8 heteroatoms. The van der Waals surface area contributed by atoms with Crippen LogP contribution in [-0.2, 0) is 23.4 Å². The molecule has 7 nitrogen and oxygen atoms in total. The highest BCUT2D eigenvalue weighted by Gasteiger charge is 2.61. The lowest BCUT2D eigenvalue weighted by Crippen LogP contribution is -2.95. The van der Waals surface area contributed by atoms with Gasteiger partial charge in [-0.15, -0.1) is 0 Å². The second-order valence-corrected chi connectivity index (χ2v) is 18.0. The highest BCUT2D eigenvalue weighted by atomic mass is 28.4. The average molecular weight is 583 g/mol. The van der Waals surface area contributed by atoms with Crippen LogP contribution in [0.2, 0.25) is 5.04 Å². The molecule has 0 aromatic heterocycles. The first-order valence-corrected chi connectivity index (χ1v) is 16.8. The third-order valence-corrected chi connectivity index (χ3v) is 13.7. The topological polar surface area (TPSA) is 83.0 Å². The second kappa shape index (κ2) is 11.3. The molecule has 0 saturated carbocycles. The van der Waals surface area contributed by atoms with Gasteiger partial charge in [0.25, 0.3) is 8.32 Å². The summed E-state index contributed by atoms with van der Waals surface area (Å²) in [5.41, 5.74) is 0.672. The molecule has 3 aliphatic rings. The van der Waals surface area contributed by atoms with Crippen molar-refractivity contribution >= 4 is 18.7 Å². The van der Waals surface area contributed by atoms with Crippen LogP contribution in [0.25, 0.3) is 0 Å². The third kappa shape index (κ3) is 6.12. The van der Waals surface area contributed by atoms with Crippen LogP contribution in [0.4, 0.5) is 0 Å². The largest absolute Gasteiger partial charge is 0.403 e. The molecule has 3 aliphatic heterocycles. The molecule has 0 spiro atoms. The molecule has 3 N–H and O–H groups in total. The van der Waals surface area contributed by atoms with Crippen molar-refractivity contribution in [1.82, 2.24) is 0 Å². The summed E-state index contributed by atoms with van der Waals surface area (Å²) in [6, 6.07) is 21.1. The lowest BCUT2D eigenvalue weighted by atomic mass is 9.99. The van der Waals surface area contributed by atoms with E-state index in [1.807, 2.05) is 39.8 Å². The Labute approximate surface area is 246 Å². The van der Waals surface area contributed by atoms with Gasteiger partial charge in [0.05, 0.1) is 19.3 Å². The Balaban J connectivity index is 1.33. The summed E-state index contributed by atoms with van der Waals surface area (Å²) in [7, 11) is -2.74. The molecule has 5 rings (SSSR count). The number of fused-ring (bicyclic) bond motifs is 1. The summed E-state index contributed by atoms with van der Waals surface area (Å²) in [6.45, 7) is 19.6. The van der Waals surface area contributed by atoms with Crippen LogP contribution < -0.4 is 15.7 Å². The number of aliphatic hydroxyl groups excluding tert-OH is 1. The summed E-state index contributed by atoms with van der Waals surface area (Å²) in [6.07, 6.45) is -0.692. The molecule has 0 bridgehead atoms. The Morgan fingerprint density at radius 3 is 2.02 bits per heavy atom. The van der Waals surface area contributed by atoms with Gasteiger partial charge in [-0.25, -0.2) is 0 Å². The van der Waals surface area contributed by atoms with E-state index < -0.39 is 26.0 Å².